The van der Waals surface area contributed by atoms with Crippen molar-refractivity contribution in [3.05, 3.63) is 89.5 Å². The molecule has 0 saturated carbocycles. The second-order valence-corrected chi connectivity index (χ2v) is 9.27. The maximum Gasteiger partial charge on any atom is 0.261 e. The molecule has 0 atom stereocenters. The van der Waals surface area contributed by atoms with Crippen molar-refractivity contribution in [2.24, 2.45) is 0 Å². The van der Waals surface area contributed by atoms with Crippen LogP contribution in [0.15, 0.2) is 77.7 Å². The third-order valence-electron chi connectivity index (χ3n) is 4.93. The molecule has 0 aliphatic heterocycles. The summed E-state index contributed by atoms with van der Waals surface area (Å²) in [5, 5.41) is 0.739. The van der Waals surface area contributed by atoms with Crippen molar-refractivity contribution in [3.63, 3.8) is 0 Å². The SMILES string of the molecule is CCSc1ccccc1C(=O)N(Cc1ccccc1)c1nc2ccc(CC)cc2s1. The van der Waals surface area contributed by atoms with Crippen LogP contribution in [0.5, 0.6) is 0 Å². The number of anilines is 1. The van der Waals surface area contributed by atoms with Crippen LogP contribution in [-0.4, -0.2) is 16.6 Å². The van der Waals surface area contributed by atoms with Crippen LogP contribution in [0, 0.1) is 0 Å². The number of rotatable bonds is 7. The minimum absolute atomic E-state index is 0.00910. The van der Waals surface area contributed by atoms with E-state index in [0.29, 0.717) is 6.54 Å². The number of thioether (sulfide) groups is 1. The van der Waals surface area contributed by atoms with Crippen LogP contribution in [-0.2, 0) is 13.0 Å². The Morgan fingerprint density at radius 2 is 1.73 bits per heavy atom. The Labute approximate surface area is 185 Å². The molecule has 4 rings (SSSR count). The monoisotopic (exact) mass is 432 g/mol. The molecule has 0 unspecified atom stereocenters. The molecule has 5 heteroatoms. The molecular weight excluding hydrogens is 408 g/mol. The number of amides is 1. The van der Waals surface area contributed by atoms with Crippen LogP contribution in [0.4, 0.5) is 5.13 Å². The highest BCUT2D eigenvalue weighted by Gasteiger charge is 2.23. The van der Waals surface area contributed by atoms with Gasteiger partial charge in [0.2, 0.25) is 0 Å². The Kier molecular flexibility index (Phi) is 6.50. The third-order valence-corrected chi connectivity index (χ3v) is 6.92. The second kappa shape index (κ2) is 9.45. The van der Waals surface area contributed by atoms with Gasteiger partial charge in [-0.15, -0.1) is 11.8 Å². The lowest BCUT2D eigenvalue weighted by Crippen LogP contribution is -2.30. The number of benzene rings is 3. The van der Waals surface area contributed by atoms with Crippen LogP contribution >= 0.6 is 23.1 Å². The van der Waals surface area contributed by atoms with E-state index in [1.165, 1.54) is 5.56 Å². The van der Waals surface area contributed by atoms with Gasteiger partial charge < -0.3 is 0 Å². The predicted octanol–water partition coefficient (Wildman–Crippen LogP) is 6.82. The first-order chi connectivity index (χ1) is 14.7. The predicted molar refractivity (Wildman–Crippen MR) is 129 cm³/mol. The molecule has 0 radical (unpaired) electrons. The summed E-state index contributed by atoms with van der Waals surface area (Å²) < 4.78 is 1.12. The molecule has 1 aromatic heterocycles. The van der Waals surface area contributed by atoms with Crippen molar-refractivity contribution in [3.8, 4) is 0 Å². The highest BCUT2D eigenvalue weighted by atomic mass is 32.2. The Morgan fingerprint density at radius 3 is 2.50 bits per heavy atom. The van der Waals surface area contributed by atoms with Crippen molar-refractivity contribution < 1.29 is 4.79 Å². The lowest BCUT2D eigenvalue weighted by atomic mass is 10.1. The van der Waals surface area contributed by atoms with Crippen LogP contribution < -0.4 is 4.90 Å². The fourth-order valence-corrected chi connectivity index (χ4v) is 5.18. The molecule has 0 saturated heterocycles. The van der Waals surface area contributed by atoms with Gasteiger partial charge in [-0.3, -0.25) is 9.69 Å². The largest absolute Gasteiger partial charge is 0.279 e. The molecular formula is C25H24N2OS2. The number of hydrogen-bond acceptors (Lipinski definition) is 4. The molecule has 3 nitrogen and oxygen atoms in total. The van der Waals surface area contributed by atoms with E-state index in [4.69, 9.17) is 4.98 Å². The lowest BCUT2D eigenvalue weighted by molar-refractivity contribution is 0.0982. The van der Waals surface area contributed by atoms with Gasteiger partial charge in [0.05, 0.1) is 22.3 Å². The molecule has 0 fully saturated rings. The minimum atomic E-state index is -0.00910. The smallest absolute Gasteiger partial charge is 0.261 e. The zero-order valence-corrected chi connectivity index (χ0v) is 18.8. The fraction of sp³-hybridized carbons (Fsp3) is 0.200. The zero-order valence-electron chi connectivity index (χ0n) is 17.2. The first-order valence-corrected chi connectivity index (χ1v) is 12.0. The summed E-state index contributed by atoms with van der Waals surface area (Å²) in [6.45, 7) is 4.74. The maximum absolute atomic E-state index is 13.7. The van der Waals surface area contributed by atoms with Crippen molar-refractivity contribution in [1.82, 2.24) is 4.98 Å². The van der Waals surface area contributed by atoms with Gasteiger partial charge in [0, 0.05) is 4.90 Å². The van der Waals surface area contributed by atoms with Gasteiger partial charge in [-0.1, -0.05) is 73.7 Å². The summed E-state index contributed by atoms with van der Waals surface area (Å²) in [7, 11) is 0. The van der Waals surface area contributed by atoms with Crippen LogP contribution in [0.25, 0.3) is 10.2 Å². The molecule has 4 aromatic rings. The Bertz CT molecular complexity index is 1150. The van der Waals surface area contributed by atoms with Gasteiger partial charge in [0.1, 0.15) is 0 Å². The maximum atomic E-state index is 13.7. The topological polar surface area (TPSA) is 33.2 Å². The number of carbonyl (C=O) groups excluding carboxylic acids is 1. The molecule has 0 N–H and O–H groups in total. The summed E-state index contributed by atoms with van der Waals surface area (Å²) in [6, 6.07) is 24.3. The molecule has 0 bridgehead atoms. The van der Waals surface area contributed by atoms with E-state index >= 15 is 0 Å². The Balaban J connectivity index is 1.78. The molecule has 30 heavy (non-hydrogen) atoms. The number of hydrogen-bond donors (Lipinski definition) is 0. The van der Waals surface area contributed by atoms with Gasteiger partial charge in [-0.2, -0.15) is 0 Å². The van der Waals surface area contributed by atoms with E-state index in [9.17, 15) is 4.79 Å². The molecule has 1 heterocycles. The zero-order chi connectivity index (χ0) is 20.9. The van der Waals surface area contributed by atoms with Gasteiger partial charge in [0.25, 0.3) is 5.91 Å². The van der Waals surface area contributed by atoms with Gasteiger partial charge >= 0.3 is 0 Å². The average molecular weight is 433 g/mol. The molecule has 1 amide bonds. The van der Waals surface area contributed by atoms with E-state index in [0.717, 1.165) is 43.5 Å². The van der Waals surface area contributed by atoms with E-state index in [1.54, 1.807) is 23.1 Å². The third kappa shape index (κ3) is 4.42. The van der Waals surface area contributed by atoms with E-state index in [1.807, 2.05) is 47.4 Å². The highest BCUT2D eigenvalue weighted by Crippen LogP contribution is 2.33. The summed E-state index contributed by atoms with van der Waals surface area (Å²) in [5.74, 6) is 0.911. The number of aromatic nitrogens is 1. The number of fused-ring (bicyclic) bond motifs is 1. The first-order valence-electron chi connectivity index (χ1n) is 10.2. The molecule has 0 aliphatic carbocycles. The number of aryl methyl sites for hydroxylation is 1. The minimum Gasteiger partial charge on any atom is -0.279 e. The normalized spacial score (nSPS) is 11.0. The van der Waals surface area contributed by atoms with Gasteiger partial charge in [0.15, 0.2) is 5.13 Å². The summed E-state index contributed by atoms with van der Waals surface area (Å²) in [6.07, 6.45) is 0.984. The van der Waals surface area contributed by atoms with Crippen molar-refractivity contribution in [2.45, 2.75) is 31.7 Å². The van der Waals surface area contributed by atoms with Crippen molar-refractivity contribution in [2.75, 3.05) is 10.7 Å². The van der Waals surface area contributed by atoms with E-state index in [-0.39, 0.29) is 5.91 Å². The number of nitrogens with zero attached hydrogens (tertiary/aromatic N) is 2. The highest BCUT2D eigenvalue weighted by molar-refractivity contribution is 7.99. The Morgan fingerprint density at radius 1 is 0.967 bits per heavy atom. The summed E-state index contributed by atoms with van der Waals surface area (Å²) in [5.41, 5.74) is 4.03. The summed E-state index contributed by atoms with van der Waals surface area (Å²) >= 11 is 3.28. The molecule has 0 spiro atoms. The fourth-order valence-electron chi connectivity index (χ4n) is 3.35. The average Bonchev–Trinajstić information content (AvgIpc) is 3.21. The van der Waals surface area contributed by atoms with Crippen LogP contribution in [0.1, 0.15) is 35.3 Å². The van der Waals surface area contributed by atoms with Gasteiger partial charge in [-0.05, 0) is 47.6 Å². The standard InChI is InChI=1S/C25H24N2OS2/c1-3-18-14-15-21-23(16-18)30-25(26-21)27(17-19-10-6-5-7-11-19)24(28)20-12-8-9-13-22(20)29-4-2/h5-16H,3-4,17H2,1-2H3. The lowest BCUT2D eigenvalue weighted by Gasteiger charge is -2.21. The molecule has 0 aliphatic rings. The van der Waals surface area contributed by atoms with Crippen molar-refractivity contribution in [1.29, 1.82) is 0 Å². The number of carbonyl (C=O) groups is 1. The summed E-state index contributed by atoms with van der Waals surface area (Å²) in [4.78, 5) is 21.4. The second-order valence-electron chi connectivity index (χ2n) is 6.96. The van der Waals surface area contributed by atoms with E-state index < -0.39 is 0 Å². The van der Waals surface area contributed by atoms with Gasteiger partial charge in [-0.25, -0.2) is 4.98 Å². The molecule has 3 aromatic carbocycles. The quantitative estimate of drug-likeness (QED) is 0.301. The molecule has 152 valence electrons. The van der Waals surface area contributed by atoms with Crippen LogP contribution in [0.3, 0.4) is 0 Å². The number of thiazole rings is 1. The van der Waals surface area contributed by atoms with E-state index in [2.05, 4.69) is 44.2 Å². The Hall–Kier alpha value is -2.63. The first kappa shape index (κ1) is 20.6. The van der Waals surface area contributed by atoms with Crippen LogP contribution in [0.2, 0.25) is 0 Å². The van der Waals surface area contributed by atoms with Crippen molar-refractivity contribution >= 4 is 44.4 Å².